The van der Waals surface area contributed by atoms with Crippen LogP contribution in [0.4, 0.5) is 5.95 Å². The summed E-state index contributed by atoms with van der Waals surface area (Å²) in [4.78, 5) is 23.7. The van der Waals surface area contributed by atoms with Crippen LogP contribution in [0.3, 0.4) is 0 Å². The summed E-state index contributed by atoms with van der Waals surface area (Å²) in [6, 6.07) is 9.08. The van der Waals surface area contributed by atoms with Crippen molar-refractivity contribution in [1.82, 2.24) is 15.3 Å². The predicted octanol–water partition coefficient (Wildman–Crippen LogP) is 2.32. The van der Waals surface area contributed by atoms with Crippen LogP contribution in [0, 0.1) is 6.92 Å². The van der Waals surface area contributed by atoms with Crippen LogP contribution < -0.4 is 15.0 Å². The first kappa shape index (κ1) is 16.2. The third kappa shape index (κ3) is 3.64. The van der Waals surface area contributed by atoms with Gasteiger partial charge < -0.3 is 15.0 Å². The number of hydrogen-bond donors (Lipinski definition) is 1. The number of nitrogens with zero attached hydrogens (tertiary/aromatic N) is 3. The van der Waals surface area contributed by atoms with E-state index >= 15 is 0 Å². The van der Waals surface area contributed by atoms with Crippen molar-refractivity contribution in [2.24, 2.45) is 0 Å². The molecule has 6 heteroatoms. The minimum atomic E-state index is -0.175. The molecule has 1 saturated heterocycles. The van der Waals surface area contributed by atoms with Gasteiger partial charge in [0.05, 0.1) is 24.9 Å². The second kappa shape index (κ2) is 7.29. The SMILES string of the molecule is COc1ccccc1C(=O)NCc1cc(C)nc(N2CCCC2)n1. The molecule has 2 heterocycles. The number of nitrogens with one attached hydrogen (secondary N) is 1. The predicted molar refractivity (Wildman–Crippen MR) is 92.4 cm³/mol. The number of amides is 1. The van der Waals surface area contributed by atoms with Crippen LogP contribution in [-0.4, -0.2) is 36.1 Å². The molecule has 126 valence electrons. The summed E-state index contributed by atoms with van der Waals surface area (Å²) in [5.74, 6) is 1.15. The second-order valence-corrected chi connectivity index (χ2v) is 5.88. The van der Waals surface area contributed by atoms with Crippen molar-refractivity contribution in [3.8, 4) is 5.75 Å². The molecule has 0 saturated carbocycles. The van der Waals surface area contributed by atoms with Gasteiger partial charge in [-0.25, -0.2) is 9.97 Å². The van der Waals surface area contributed by atoms with E-state index in [2.05, 4.69) is 20.2 Å². The molecule has 1 aromatic heterocycles. The Morgan fingerprint density at radius 1 is 1.25 bits per heavy atom. The lowest BCUT2D eigenvalue weighted by molar-refractivity contribution is 0.0947. The van der Waals surface area contributed by atoms with E-state index in [-0.39, 0.29) is 5.91 Å². The molecule has 1 aromatic carbocycles. The van der Waals surface area contributed by atoms with E-state index in [9.17, 15) is 4.79 Å². The second-order valence-electron chi connectivity index (χ2n) is 5.88. The van der Waals surface area contributed by atoms with Gasteiger partial charge in [0, 0.05) is 18.8 Å². The van der Waals surface area contributed by atoms with Crippen LogP contribution in [0.2, 0.25) is 0 Å². The van der Waals surface area contributed by atoms with Gasteiger partial charge >= 0.3 is 0 Å². The zero-order chi connectivity index (χ0) is 16.9. The van der Waals surface area contributed by atoms with Crippen molar-refractivity contribution in [2.45, 2.75) is 26.3 Å². The zero-order valence-corrected chi connectivity index (χ0v) is 14.1. The van der Waals surface area contributed by atoms with Crippen LogP contribution >= 0.6 is 0 Å². The van der Waals surface area contributed by atoms with E-state index in [1.807, 2.05) is 25.1 Å². The maximum atomic E-state index is 12.4. The normalized spacial score (nSPS) is 13.8. The Labute approximate surface area is 141 Å². The van der Waals surface area contributed by atoms with Gasteiger partial charge in [-0.15, -0.1) is 0 Å². The Kier molecular flexibility index (Phi) is 4.93. The number of rotatable bonds is 5. The van der Waals surface area contributed by atoms with E-state index in [1.165, 1.54) is 12.8 Å². The maximum absolute atomic E-state index is 12.4. The Bertz CT molecular complexity index is 727. The average molecular weight is 326 g/mol. The highest BCUT2D eigenvalue weighted by atomic mass is 16.5. The first-order valence-corrected chi connectivity index (χ1v) is 8.18. The van der Waals surface area contributed by atoms with Crippen LogP contribution in [-0.2, 0) is 6.54 Å². The largest absolute Gasteiger partial charge is 0.496 e. The number of methoxy groups -OCH3 is 1. The number of anilines is 1. The third-order valence-corrected chi connectivity index (χ3v) is 4.07. The molecular weight excluding hydrogens is 304 g/mol. The quantitative estimate of drug-likeness (QED) is 0.913. The van der Waals surface area contributed by atoms with E-state index in [1.54, 1.807) is 19.2 Å². The molecule has 1 aliphatic rings. The number of hydrogen-bond acceptors (Lipinski definition) is 5. The molecule has 0 bridgehead atoms. The molecule has 6 nitrogen and oxygen atoms in total. The lowest BCUT2D eigenvalue weighted by Gasteiger charge is -2.16. The van der Waals surface area contributed by atoms with Crippen molar-refractivity contribution >= 4 is 11.9 Å². The number of ether oxygens (including phenoxy) is 1. The van der Waals surface area contributed by atoms with Crippen molar-refractivity contribution < 1.29 is 9.53 Å². The maximum Gasteiger partial charge on any atom is 0.255 e. The van der Waals surface area contributed by atoms with Crippen molar-refractivity contribution in [1.29, 1.82) is 0 Å². The van der Waals surface area contributed by atoms with Gasteiger partial charge in [-0.05, 0) is 38.0 Å². The highest BCUT2D eigenvalue weighted by molar-refractivity contribution is 5.96. The molecule has 0 atom stereocenters. The number of benzene rings is 1. The summed E-state index contributed by atoms with van der Waals surface area (Å²) in [5.41, 5.74) is 2.24. The summed E-state index contributed by atoms with van der Waals surface area (Å²) in [6.45, 7) is 4.31. The molecule has 24 heavy (non-hydrogen) atoms. The molecule has 1 fully saturated rings. The van der Waals surface area contributed by atoms with Gasteiger partial charge in [0.25, 0.3) is 5.91 Å². The van der Waals surface area contributed by atoms with E-state index in [0.717, 1.165) is 30.4 Å². The van der Waals surface area contributed by atoms with Crippen LogP contribution in [0.25, 0.3) is 0 Å². The van der Waals surface area contributed by atoms with E-state index in [4.69, 9.17) is 4.74 Å². The van der Waals surface area contributed by atoms with Gasteiger partial charge in [0.2, 0.25) is 5.95 Å². The van der Waals surface area contributed by atoms with E-state index in [0.29, 0.717) is 17.9 Å². The summed E-state index contributed by atoms with van der Waals surface area (Å²) in [7, 11) is 1.56. The average Bonchev–Trinajstić information content (AvgIpc) is 3.14. The van der Waals surface area contributed by atoms with E-state index < -0.39 is 0 Å². The minimum absolute atomic E-state index is 0.175. The monoisotopic (exact) mass is 326 g/mol. The molecule has 3 rings (SSSR count). The molecule has 1 N–H and O–H groups in total. The fourth-order valence-electron chi connectivity index (χ4n) is 2.86. The fourth-order valence-corrected chi connectivity index (χ4v) is 2.86. The summed E-state index contributed by atoms with van der Waals surface area (Å²) in [6.07, 6.45) is 2.36. The number of aromatic nitrogens is 2. The Morgan fingerprint density at radius 3 is 2.75 bits per heavy atom. The first-order chi connectivity index (χ1) is 11.7. The highest BCUT2D eigenvalue weighted by Gasteiger charge is 2.16. The third-order valence-electron chi connectivity index (χ3n) is 4.07. The summed E-state index contributed by atoms with van der Waals surface area (Å²) in [5, 5.41) is 2.91. The molecule has 0 aliphatic carbocycles. The van der Waals surface area contributed by atoms with Gasteiger partial charge in [-0.3, -0.25) is 4.79 Å². The number of carbonyl (C=O) groups is 1. The number of aryl methyl sites for hydroxylation is 1. The van der Waals surface area contributed by atoms with Crippen LogP contribution in [0.15, 0.2) is 30.3 Å². The zero-order valence-electron chi connectivity index (χ0n) is 14.1. The van der Waals surface area contributed by atoms with Crippen molar-refractivity contribution in [3.05, 3.63) is 47.3 Å². The molecule has 0 spiro atoms. The van der Waals surface area contributed by atoms with Gasteiger partial charge in [0.15, 0.2) is 0 Å². The first-order valence-electron chi connectivity index (χ1n) is 8.18. The molecule has 0 radical (unpaired) electrons. The Hall–Kier alpha value is -2.63. The van der Waals surface area contributed by atoms with Crippen LogP contribution in [0.1, 0.15) is 34.6 Å². The van der Waals surface area contributed by atoms with Gasteiger partial charge in [-0.1, -0.05) is 12.1 Å². The van der Waals surface area contributed by atoms with Crippen molar-refractivity contribution in [3.63, 3.8) is 0 Å². The lowest BCUT2D eigenvalue weighted by atomic mass is 10.2. The smallest absolute Gasteiger partial charge is 0.255 e. The minimum Gasteiger partial charge on any atom is -0.496 e. The van der Waals surface area contributed by atoms with Crippen LogP contribution in [0.5, 0.6) is 5.75 Å². The molecular formula is C18H22N4O2. The molecule has 1 amide bonds. The van der Waals surface area contributed by atoms with Gasteiger partial charge in [-0.2, -0.15) is 0 Å². The van der Waals surface area contributed by atoms with Crippen molar-refractivity contribution in [2.75, 3.05) is 25.1 Å². The van der Waals surface area contributed by atoms with Gasteiger partial charge in [0.1, 0.15) is 5.75 Å². The standard InChI is InChI=1S/C18H22N4O2/c1-13-11-14(21-18(20-13)22-9-5-6-10-22)12-19-17(23)15-7-3-4-8-16(15)24-2/h3-4,7-8,11H,5-6,9-10,12H2,1-2H3,(H,19,23). The number of para-hydroxylation sites is 1. The topological polar surface area (TPSA) is 67.3 Å². The fraction of sp³-hybridized carbons (Fsp3) is 0.389. The Balaban J connectivity index is 1.71. The highest BCUT2D eigenvalue weighted by Crippen LogP contribution is 2.18. The lowest BCUT2D eigenvalue weighted by Crippen LogP contribution is -2.25. The molecule has 2 aromatic rings. The number of carbonyl (C=O) groups excluding carboxylic acids is 1. The summed E-state index contributed by atoms with van der Waals surface area (Å²) >= 11 is 0. The summed E-state index contributed by atoms with van der Waals surface area (Å²) < 4.78 is 5.23. The Morgan fingerprint density at radius 2 is 2.00 bits per heavy atom. The molecule has 1 aliphatic heterocycles. The molecule has 0 unspecified atom stereocenters.